The molecule has 0 atom stereocenters. The van der Waals surface area contributed by atoms with Gasteiger partial charge < -0.3 is 4.90 Å². The van der Waals surface area contributed by atoms with Gasteiger partial charge in [0.25, 0.3) is 0 Å². The van der Waals surface area contributed by atoms with E-state index in [2.05, 4.69) is 140 Å². The molecule has 0 aliphatic rings. The zero-order valence-corrected chi connectivity index (χ0v) is 21.2. The monoisotopic (exact) mass is 547 g/mol. The maximum absolute atomic E-state index is 3.55. The van der Waals surface area contributed by atoms with Gasteiger partial charge in [-0.1, -0.05) is 80.7 Å². The third-order valence-electron chi connectivity index (χ3n) is 5.64. The van der Waals surface area contributed by atoms with Gasteiger partial charge in [-0.2, -0.15) is 0 Å². The Kier molecular flexibility index (Phi) is 8.19. The summed E-state index contributed by atoms with van der Waals surface area (Å²) in [5, 5.41) is 0. The molecule has 4 aromatic carbocycles. The Morgan fingerprint density at radius 3 is 1.38 bits per heavy atom. The molecule has 0 bridgehead atoms. The Balaban J connectivity index is 1.37. The number of rotatable bonds is 9. The molecule has 4 aromatic rings. The van der Waals surface area contributed by atoms with Crippen LogP contribution in [-0.4, -0.2) is 0 Å². The average molecular weight is 549 g/mol. The number of unbranched alkanes of at least 4 members (excludes halogenated alkanes) is 2. The molecule has 162 valence electrons. The Morgan fingerprint density at radius 1 is 0.438 bits per heavy atom. The van der Waals surface area contributed by atoms with Crippen molar-refractivity contribution in [3.05, 3.63) is 123 Å². The number of benzene rings is 4. The highest BCUT2D eigenvalue weighted by Gasteiger charge is 2.12. The fourth-order valence-corrected chi connectivity index (χ4v) is 4.44. The van der Waals surface area contributed by atoms with Crippen molar-refractivity contribution < 1.29 is 0 Å². The normalized spacial score (nSPS) is 10.8. The van der Waals surface area contributed by atoms with Crippen LogP contribution in [0, 0.1) is 0 Å². The number of nitrogens with zero attached hydrogens (tertiary/aromatic N) is 1. The standard InChI is InChI=1S/C29H27Br2N/c30-25-15-11-23(12-16-25)7-3-1-4-8-24-13-19-28(20-14-24)32(27-9-5-2-6-10-27)29-21-17-26(31)18-22-29/h2,5-6,9-22H,1,3-4,7-8H2. The van der Waals surface area contributed by atoms with E-state index >= 15 is 0 Å². The van der Waals surface area contributed by atoms with Crippen LogP contribution in [0.3, 0.4) is 0 Å². The first kappa shape index (κ1) is 22.8. The van der Waals surface area contributed by atoms with Crippen LogP contribution in [0.2, 0.25) is 0 Å². The van der Waals surface area contributed by atoms with E-state index in [4.69, 9.17) is 0 Å². The van der Waals surface area contributed by atoms with Crippen molar-refractivity contribution >= 4 is 48.9 Å². The van der Waals surface area contributed by atoms with Gasteiger partial charge >= 0.3 is 0 Å². The fraction of sp³-hybridized carbons (Fsp3) is 0.172. The van der Waals surface area contributed by atoms with Gasteiger partial charge in [-0.3, -0.25) is 0 Å². The Bertz CT molecular complexity index is 1090. The van der Waals surface area contributed by atoms with Crippen LogP contribution in [0.15, 0.2) is 112 Å². The third kappa shape index (κ3) is 6.34. The minimum Gasteiger partial charge on any atom is -0.311 e. The molecule has 4 rings (SSSR count). The van der Waals surface area contributed by atoms with Crippen molar-refractivity contribution in [2.24, 2.45) is 0 Å². The summed E-state index contributed by atoms with van der Waals surface area (Å²) in [6.07, 6.45) is 6.01. The van der Waals surface area contributed by atoms with Gasteiger partial charge in [0.05, 0.1) is 0 Å². The Hall–Kier alpha value is -2.36. The summed E-state index contributed by atoms with van der Waals surface area (Å²) in [5.41, 5.74) is 6.32. The summed E-state index contributed by atoms with van der Waals surface area (Å²) in [7, 11) is 0. The predicted molar refractivity (Wildman–Crippen MR) is 144 cm³/mol. The molecule has 0 N–H and O–H groups in total. The van der Waals surface area contributed by atoms with Gasteiger partial charge in [0, 0.05) is 26.0 Å². The number of halogens is 2. The van der Waals surface area contributed by atoms with E-state index in [1.54, 1.807) is 0 Å². The maximum atomic E-state index is 3.55. The van der Waals surface area contributed by atoms with Gasteiger partial charge in [-0.25, -0.2) is 0 Å². The smallest absolute Gasteiger partial charge is 0.0462 e. The van der Waals surface area contributed by atoms with Gasteiger partial charge in [-0.15, -0.1) is 0 Å². The molecule has 0 unspecified atom stereocenters. The summed E-state index contributed by atoms with van der Waals surface area (Å²) in [5.74, 6) is 0. The van der Waals surface area contributed by atoms with E-state index in [0.29, 0.717) is 0 Å². The van der Waals surface area contributed by atoms with Gasteiger partial charge in [0.15, 0.2) is 0 Å². The lowest BCUT2D eigenvalue weighted by Crippen LogP contribution is -2.09. The van der Waals surface area contributed by atoms with Crippen molar-refractivity contribution in [3.63, 3.8) is 0 Å². The zero-order valence-electron chi connectivity index (χ0n) is 18.1. The second kappa shape index (κ2) is 11.5. The Morgan fingerprint density at radius 2 is 0.844 bits per heavy atom. The zero-order chi connectivity index (χ0) is 22.2. The van der Waals surface area contributed by atoms with Crippen LogP contribution in [0.1, 0.15) is 30.4 Å². The first-order valence-corrected chi connectivity index (χ1v) is 12.7. The molecule has 0 fully saturated rings. The summed E-state index contributed by atoms with van der Waals surface area (Å²) in [6.45, 7) is 0. The highest BCUT2D eigenvalue weighted by molar-refractivity contribution is 9.10. The van der Waals surface area contributed by atoms with Crippen LogP contribution >= 0.6 is 31.9 Å². The molecule has 0 heterocycles. The maximum Gasteiger partial charge on any atom is 0.0462 e. The van der Waals surface area contributed by atoms with Crippen LogP contribution in [0.25, 0.3) is 0 Å². The first-order chi connectivity index (χ1) is 15.7. The second-order valence-electron chi connectivity index (χ2n) is 8.00. The highest BCUT2D eigenvalue weighted by atomic mass is 79.9. The molecule has 0 aliphatic carbocycles. The molecule has 0 aromatic heterocycles. The molecular formula is C29H27Br2N. The fourth-order valence-electron chi connectivity index (χ4n) is 3.91. The number of para-hydroxylation sites is 1. The molecule has 0 spiro atoms. The van der Waals surface area contributed by atoms with Crippen LogP contribution < -0.4 is 4.90 Å². The van der Waals surface area contributed by atoms with E-state index in [9.17, 15) is 0 Å². The number of aryl methyl sites for hydroxylation is 2. The minimum absolute atomic E-state index is 1.09. The SMILES string of the molecule is Brc1ccc(CCCCCc2ccc(N(c3ccccc3)c3ccc(Br)cc3)cc2)cc1. The van der Waals surface area contributed by atoms with Crippen LogP contribution in [-0.2, 0) is 12.8 Å². The summed E-state index contributed by atoms with van der Waals surface area (Å²) >= 11 is 7.05. The second-order valence-corrected chi connectivity index (χ2v) is 9.83. The van der Waals surface area contributed by atoms with Crippen LogP contribution in [0.5, 0.6) is 0 Å². The van der Waals surface area contributed by atoms with Gasteiger partial charge in [0.1, 0.15) is 0 Å². The van der Waals surface area contributed by atoms with Crippen molar-refractivity contribution in [1.82, 2.24) is 0 Å². The van der Waals surface area contributed by atoms with E-state index in [0.717, 1.165) is 33.2 Å². The summed E-state index contributed by atoms with van der Waals surface area (Å²) in [4.78, 5) is 2.30. The quantitative estimate of drug-likeness (QED) is 0.188. The average Bonchev–Trinajstić information content (AvgIpc) is 2.83. The van der Waals surface area contributed by atoms with Gasteiger partial charge in [-0.05, 0) is 97.5 Å². The first-order valence-electron chi connectivity index (χ1n) is 11.1. The van der Waals surface area contributed by atoms with Crippen LogP contribution in [0.4, 0.5) is 17.1 Å². The topological polar surface area (TPSA) is 3.24 Å². The Labute approximate surface area is 208 Å². The molecule has 0 saturated heterocycles. The molecule has 0 aliphatic heterocycles. The molecule has 1 nitrogen and oxygen atoms in total. The summed E-state index contributed by atoms with van der Waals surface area (Å²) in [6, 6.07) is 36.7. The minimum atomic E-state index is 1.09. The number of hydrogen-bond acceptors (Lipinski definition) is 1. The summed E-state index contributed by atoms with van der Waals surface area (Å²) < 4.78 is 2.24. The molecular weight excluding hydrogens is 522 g/mol. The largest absolute Gasteiger partial charge is 0.311 e. The third-order valence-corrected chi connectivity index (χ3v) is 6.70. The van der Waals surface area contributed by atoms with E-state index in [1.165, 1.54) is 36.1 Å². The lowest BCUT2D eigenvalue weighted by atomic mass is 10.0. The molecule has 32 heavy (non-hydrogen) atoms. The molecule has 0 amide bonds. The van der Waals surface area contributed by atoms with Crippen molar-refractivity contribution in [1.29, 1.82) is 0 Å². The number of hydrogen-bond donors (Lipinski definition) is 0. The van der Waals surface area contributed by atoms with E-state index in [-0.39, 0.29) is 0 Å². The van der Waals surface area contributed by atoms with Crippen molar-refractivity contribution in [2.75, 3.05) is 4.90 Å². The lowest BCUT2D eigenvalue weighted by molar-refractivity contribution is 0.678. The lowest BCUT2D eigenvalue weighted by Gasteiger charge is -2.25. The van der Waals surface area contributed by atoms with Crippen molar-refractivity contribution in [3.8, 4) is 0 Å². The van der Waals surface area contributed by atoms with Gasteiger partial charge in [0.2, 0.25) is 0 Å². The highest BCUT2D eigenvalue weighted by Crippen LogP contribution is 2.35. The molecule has 0 saturated carbocycles. The van der Waals surface area contributed by atoms with E-state index in [1.807, 2.05) is 0 Å². The number of anilines is 3. The predicted octanol–water partition coefficient (Wildman–Crippen LogP) is 9.64. The molecule has 3 heteroatoms. The molecule has 0 radical (unpaired) electrons. The van der Waals surface area contributed by atoms with Crippen molar-refractivity contribution in [2.45, 2.75) is 32.1 Å². The van der Waals surface area contributed by atoms with E-state index < -0.39 is 0 Å².